The fourth-order valence-electron chi connectivity index (χ4n) is 3.97. The molecule has 4 aromatic rings. The summed E-state index contributed by atoms with van der Waals surface area (Å²) in [7, 11) is 11.3. The van der Waals surface area contributed by atoms with E-state index in [-0.39, 0.29) is 0 Å². The molecule has 33 heavy (non-hydrogen) atoms. The zero-order valence-corrected chi connectivity index (χ0v) is 26.9. The average molecular weight is 663 g/mol. The van der Waals surface area contributed by atoms with Crippen LogP contribution >= 0.6 is 17.2 Å². The summed E-state index contributed by atoms with van der Waals surface area (Å²) in [6, 6.07) is 23.7. The van der Waals surface area contributed by atoms with Gasteiger partial charge in [-0.25, -0.2) is 0 Å². The summed E-state index contributed by atoms with van der Waals surface area (Å²) >= 11 is -1.80. The molecule has 0 atom stereocenters. The normalized spacial score (nSPS) is 10.4. The molecule has 0 saturated carbocycles. The summed E-state index contributed by atoms with van der Waals surface area (Å²) in [5.41, 5.74) is 5.85. The first kappa shape index (κ1) is 28.6. The molecule has 0 N–H and O–H groups in total. The largest absolute Gasteiger partial charge is 0.165 e. The molecule has 0 fully saturated rings. The van der Waals surface area contributed by atoms with Gasteiger partial charge in [-0.2, -0.15) is 12.1 Å². The Bertz CT molecular complexity index is 1070. The van der Waals surface area contributed by atoms with E-state index < -0.39 is 17.7 Å². The Morgan fingerprint density at radius 2 is 1.15 bits per heavy atom. The van der Waals surface area contributed by atoms with Crippen LogP contribution in [0.3, 0.4) is 0 Å². The zero-order valence-electron chi connectivity index (χ0n) is 20.8. The van der Waals surface area contributed by atoms with Crippen LogP contribution < -0.4 is 0 Å². The first-order valence-corrected chi connectivity index (χ1v) is 27.7. The van der Waals surface area contributed by atoms with E-state index in [4.69, 9.17) is 17.2 Å². The van der Waals surface area contributed by atoms with Gasteiger partial charge in [0.05, 0.1) is 0 Å². The van der Waals surface area contributed by atoms with E-state index in [9.17, 15) is 0 Å². The van der Waals surface area contributed by atoms with Crippen molar-refractivity contribution in [2.24, 2.45) is 0 Å². The van der Waals surface area contributed by atoms with Crippen molar-refractivity contribution in [1.82, 2.24) is 0 Å². The minimum Gasteiger partial charge on any atom is -0.165 e. The quantitative estimate of drug-likeness (QED) is 0.142. The zero-order chi connectivity index (χ0) is 24.2. The number of hydrogen-bond acceptors (Lipinski definition) is 0. The maximum Gasteiger partial charge on any atom is -0.0397 e. The molecule has 0 amide bonds. The van der Waals surface area contributed by atoms with Crippen molar-refractivity contribution in [3.05, 3.63) is 82.9 Å². The summed E-state index contributed by atoms with van der Waals surface area (Å²) in [6.45, 7) is 11.0. The van der Waals surface area contributed by atoms with Crippen LogP contribution in [0.2, 0.25) is 6.04 Å². The predicted molar refractivity (Wildman–Crippen MR) is 149 cm³/mol. The third-order valence-corrected chi connectivity index (χ3v) is 19.0. The van der Waals surface area contributed by atoms with Gasteiger partial charge in [0.15, 0.2) is 0 Å². The molecule has 0 bridgehead atoms. The Morgan fingerprint density at radius 1 is 0.697 bits per heavy atom. The Balaban J connectivity index is 0.000000185. The minimum absolute atomic E-state index is 0.932. The molecule has 177 valence electrons. The number of benzene rings is 2. The molecule has 0 aromatic heterocycles. The molecule has 0 aliphatic carbocycles. The fourth-order valence-corrected chi connectivity index (χ4v) is 13.8. The second-order valence-electron chi connectivity index (χ2n) is 8.17. The summed E-state index contributed by atoms with van der Waals surface area (Å²) in [4.78, 5) is 0. The molecule has 0 aliphatic heterocycles. The van der Waals surface area contributed by atoms with Crippen LogP contribution in [-0.4, -0.2) is 6.22 Å². The van der Waals surface area contributed by atoms with Crippen molar-refractivity contribution >= 4 is 44.9 Å². The molecular weight excluding hydrogens is 626 g/mol. The van der Waals surface area contributed by atoms with Crippen molar-refractivity contribution in [1.29, 1.82) is 0 Å². The van der Waals surface area contributed by atoms with Crippen molar-refractivity contribution < 1.29 is 17.7 Å². The van der Waals surface area contributed by atoms with Gasteiger partial charge in [-0.15, -0.1) is 69.1 Å². The molecule has 0 spiro atoms. The molecule has 1 radical (unpaired) electrons. The predicted octanol–water partition coefficient (Wildman–Crippen LogP) is 9.73. The first-order chi connectivity index (χ1) is 16.0. The second kappa shape index (κ2) is 15.3. The van der Waals surface area contributed by atoms with Gasteiger partial charge in [0.2, 0.25) is 0 Å². The van der Waals surface area contributed by atoms with E-state index in [1.807, 2.05) is 0 Å². The van der Waals surface area contributed by atoms with E-state index in [1.54, 1.807) is 0 Å². The van der Waals surface area contributed by atoms with Gasteiger partial charge in [0.25, 0.3) is 0 Å². The fraction of sp³-hybridized carbons (Fsp3) is 0.379. The first-order valence-electron chi connectivity index (χ1n) is 12.2. The van der Waals surface area contributed by atoms with Crippen molar-refractivity contribution in [2.75, 3.05) is 0 Å². The van der Waals surface area contributed by atoms with Crippen LogP contribution in [0, 0.1) is 0 Å². The molecule has 0 unspecified atom stereocenters. The van der Waals surface area contributed by atoms with Crippen LogP contribution in [0.4, 0.5) is 0 Å². The molecule has 4 aromatic carbocycles. The van der Waals surface area contributed by atoms with E-state index in [0.717, 1.165) is 31.9 Å². The summed E-state index contributed by atoms with van der Waals surface area (Å²) in [5, 5.41) is 5.69. The van der Waals surface area contributed by atoms with Crippen LogP contribution in [-0.2, 0) is 43.4 Å². The van der Waals surface area contributed by atoms with Gasteiger partial charge in [0, 0.05) is 0 Å². The molecular formula is C29H37Cl2HfSi-2. The standard InChI is InChI=1S/2C13H15.C3H7Si.2ClH.Hf/c2*1-3-10-8-12-7-5-6-11(4-2)13(12)9-10;1-2-3-4;;;/h2*5-9H,3-4H2,1-2H3;2-3H2,1H3;2*1H;/q2*-1;;;;+2/p-2. The number of aryl methyl sites for hydroxylation is 4. The summed E-state index contributed by atoms with van der Waals surface area (Å²) in [6.07, 6.45) is 6.71. The van der Waals surface area contributed by atoms with E-state index in [0.29, 0.717) is 0 Å². The Labute approximate surface area is 216 Å². The third kappa shape index (κ3) is 8.80. The van der Waals surface area contributed by atoms with Crippen molar-refractivity contribution in [2.45, 2.75) is 72.8 Å². The van der Waals surface area contributed by atoms with Gasteiger partial charge in [0.1, 0.15) is 0 Å². The van der Waals surface area contributed by atoms with Gasteiger partial charge < -0.3 is 0 Å². The van der Waals surface area contributed by atoms with Gasteiger partial charge >= 0.3 is 60.5 Å². The summed E-state index contributed by atoms with van der Waals surface area (Å²) in [5.74, 6) is 0. The Morgan fingerprint density at radius 3 is 1.45 bits per heavy atom. The smallest absolute Gasteiger partial charge is 0.0397 e. The molecule has 0 saturated heterocycles. The molecule has 0 aliphatic rings. The number of hydrogen-bond donors (Lipinski definition) is 0. The van der Waals surface area contributed by atoms with Gasteiger partial charge in [-0.05, 0) is 25.7 Å². The summed E-state index contributed by atoms with van der Waals surface area (Å²) < 4.78 is 0. The molecule has 0 nitrogen and oxygen atoms in total. The van der Waals surface area contributed by atoms with Crippen molar-refractivity contribution in [3.8, 4) is 0 Å². The Hall–Kier alpha value is -0.673. The molecule has 4 heteroatoms. The van der Waals surface area contributed by atoms with Gasteiger partial charge in [-0.1, -0.05) is 51.0 Å². The van der Waals surface area contributed by atoms with E-state index in [2.05, 4.69) is 95.3 Å². The molecule has 0 heterocycles. The monoisotopic (exact) mass is 663 g/mol. The second-order valence-corrected chi connectivity index (χ2v) is 31.8. The van der Waals surface area contributed by atoms with Gasteiger partial charge in [-0.3, -0.25) is 0 Å². The topological polar surface area (TPSA) is 0 Å². The van der Waals surface area contributed by atoms with Crippen LogP contribution in [0.15, 0.2) is 60.7 Å². The van der Waals surface area contributed by atoms with Crippen LogP contribution in [0.5, 0.6) is 0 Å². The number of rotatable bonds is 6. The number of halogens is 2. The maximum atomic E-state index is 5.65. The Kier molecular flexibility index (Phi) is 13.3. The maximum absolute atomic E-state index is 5.65. The van der Waals surface area contributed by atoms with E-state index >= 15 is 0 Å². The van der Waals surface area contributed by atoms with Crippen LogP contribution in [0.1, 0.15) is 63.3 Å². The number of fused-ring (bicyclic) bond motifs is 2. The SMILES string of the molecule is CCC[Si]=[Hf]([Cl])[Cl].CCc1cc2c(CC)cccc2[cH-]1.CCc1cc2c(CC)cccc2[cH-]1. The average Bonchev–Trinajstić information content (AvgIpc) is 3.46. The minimum atomic E-state index is -1.80. The van der Waals surface area contributed by atoms with Crippen molar-refractivity contribution in [3.63, 3.8) is 0 Å². The molecule has 4 rings (SSSR count). The van der Waals surface area contributed by atoms with Crippen LogP contribution in [0.25, 0.3) is 21.5 Å². The third-order valence-electron chi connectivity index (χ3n) is 5.89. The van der Waals surface area contributed by atoms with E-state index in [1.165, 1.54) is 56.3 Å².